The van der Waals surface area contributed by atoms with E-state index in [1.807, 2.05) is 39.0 Å². The normalized spacial score (nSPS) is 11.5. The SMILES string of the molecule is Cc1c(C(=O)NCCCC(C)(C)CO)cnn1-c1ccccc1Cl. The number of carbonyl (C=O) groups excluding carboxylic acids is 1. The number of amides is 1. The van der Waals surface area contributed by atoms with E-state index in [-0.39, 0.29) is 17.9 Å². The molecule has 2 rings (SSSR count). The molecule has 0 unspecified atom stereocenters. The van der Waals surface area contributed by atoms with E-state index in [1.54, 1.807) is 16.9 Å². The molecule has 1 amide bonds. The summed E-state index contributed by atoms with van der Waals surface area (Å²) in [6.45, 7) is 6.57. The Morgan fingerprint density at radius 1 is 1.38 bits per heavy atom. The molecule has 2 aromatic rings. The monoisotopic (exact) mass is 349 g/mol. The highest BCUT2D eigenvalue weighted by molar-refractivity contribution is 6.32. The standard InChI is InChI=1S/C18H24ClN3O2/c1-13-14(17(24)20-10-6-9-18(2,3)12-23)11-21-22(13)16-8-5-4-7-15(16)19/h4-5,7-8,11,23H,6,9-10,12H2,1-3H3,(H,20,24). The number of benzene rings is 1. The Hall–Kier alpha value is -1.85. The molecule has 2 N–H and O–H groups in total. The summed E-state index contributed by atoms with van der Waals surface area (Å²) in [5, 5.41) is 17.0. The number of para-hydroxylation sites is 1. The van der Waals surface area contributed by atoms with Crippen molar-refractivity contribution in [3.63, 3.8) is 0 Å². The molecule has 0 aliphatic carbocycles. The van der Waals surface area contributed by atoms with Gasteiger partial charge in [-0.05, 0) is 37.3 Å². The lowest BCUT2D eigenvalue weighted by Gasteiger charge is -2.21. The third-order valence-corrected chi connectivity index (χ3v) is 4.40. The van der Waals surface area contributed by atoms with Crippen LogP contribution in [0.1, 0.15) is 42.7 Å². The number of aliphatic hydroxyl groups is 1. The van der Waals surface area contributed by atoms with E-state index in [4.69, 9.17) is 11.6 Å². The number of aromatic nitrogens is 2. The molecule has 1 aromatic carbocycles. The number of hydrogen-bond acceptors (Lipinski definition) is 3. The van der Waals surface area contributed by atoms with Crippen molar-refractivity contribution in [2.75, 3.05) is 13.2 Å². The molecule has 0 saturated carbocycles. The van der Waals surface area contributed by atoms with Crippen LogP contribution in [0.2, 0.25) is 5.02 Å². The van der Waals surface area contributed by atoms with Crippen molar-refractivity contribution in [2.24, 2.45) is 5.41 Å². The van der Waals surface area contributed by atoms with Gasteiger partial charge in [-0.25, -0.2) is 4.68 Å². The van der Waals surface area contributed by atoms with Crippen molar-refractivity contribution < 1.29 is 9.90 Å². The summed E-state index contributed by atoms with van der Waals surface area (Å²) in [5.41, 5.74) is 1.92. The second-order valence-corrected chi connectivity index (χ2v) is 7.10. The van der Waals surface area contributed by atoms with Crippen LogP contribution in [0.5, 0.6) is 0 Å². The summed E-state index contributed by atoms with van der Waals surface area (Å²) in [6, 6.07) is 7.39. The fraction of sp³-hybridized carbons (Fsp3) is 0.444. The van der Waals surface area contributed by atoms with Crippen LogP contribution in [0.15, 0.2) is 30.5 Å². The van der Waals surface area contributed by atoms with E-state index in [0.29, 0.717) is 17.1 Å². The van der Waals surface area contributed by atoms with Crippen molar-refractivity contribution in [1.82, 2.24) is 15.1 Å². The van der Waals surface area contributed by atoms with Crippen molar-refractivity contribution >= 4 is 17.5 Å². The van der Waals surface area contributed by atoms with Gasteiger partial charge in [0.05, 0.1) is 28.2 Å². The van der Waals surface area contributed by atoms with Crippen molar-refractivity contribution in [3.8, 4) is 5.69 Å². The zero-order valence-corrected chi connectivity index (χ0v) is 15.1. The smallest absolute Gasteiger partial charge is 0.254 e. The molecule has 24 heavy (non-hydrogen) atoms. The second kappa shape index (κ2) is 7.81. The first kappa shape index (κ1) is 18.5. The Morgan fingerprint density at radius 2 is 2.08 bits per heavy atom. The van der Waals surface area contributed by atoms with Gasteiger partial charge in [-0.15, -0.1) is 0 Å². The van der Waals surface area contributed by atoms with Crippen LogP contribution < -0.4 is 5.32 Å². The number of rotatable bonds is 7. The van der Waals surface area contributed by atoms with E-state index in [0.717, 1.165) is 24.2 Å². The average Bonchev–Trinajstić information content (AvgIpc) is 2.93. The minimum atomic E-state index is -0.146. The largest absolute Gasteiger partial charge is 0.396 e. The fourth-order valence-electron chi connectivity index (χ4n) is 2.44. The molecule has 0 atom stereocenters. The molecule has 0 aliphatic heterocycles. The Bertz CT molecular complexity index is 710. The maximum atomic E-state index is 12.3. The van der Waals surface area contributed by atoms with Crippen molar-refractivity contribution in [2.45, 2.75) is 33.6 Å². The quantitative estimate of drug-likeness (QED) is 0.753. The van der Waals surface area contributed by atoms with E-state index < -0.39 is 0 Å². The molecular formula is C18H24ClN3O2. The summed E-state index contributed by atoms with van der Waals surface area (Å²) in [5.74, 6) is -0.146. The van der Waals surface area contributed by atoms with Crippen LogP contribution in [-0.2, 0) is 0 Å². The van der Waals surface area contributed by atoms with Crippen LogP contribution in [0.4, 0.5) is 0 Å². The first-order valence-electron chi connectivity index (χ1n) is 8.04. The minimum Gasteiger partial charge on any atom is -0.396 e. The summed E-state index contributed by atoms with van der Waals surface area (Å²) in [4.78, 5) is 12.3. The first-order valence-corrected chi connectivity index (χ1v) is 8.42. The number of hydrogen-bond donors (Lipinski definition) is 2. The predicted molar refractivity (Wildman–Crippen MR) is 95.7 cm³/mol. The minimum absolute atomic E-state index is 0.115. The van der Waals surface area contributed by atoms with Gasteiger partial charge in [0.15, 0.2) is 0 Å². The van der Waals surface area contributed by atoms with Gasteiger partial charge >= 0.3 is 0 Å². The zero-order chi connectivity index (χ0) is 17.7. The highest BCUT2D eigenvalue weighted by Crippen LogP contribution is 2.22. The van der Waals surface area contributed by atoms with Crippen LogP contribution in [0, 0.1) is 12.3 Å². The predicted octanol–water partition coefficient (Wildman–Crippen LogP) is 3.36. The molecule has 130 valence electrons. The highest BCUT2D eigenvalue weighted by Gasteiger charge is 2.18. The van der Waals surface area contributed by atoms with E-state index >= 15 is 0 Å². The molecular weight excluding hydrogens is 326 g/mol. The van der Waals surface area contributed by atoms with Crippen LogP contribution in [0.25, 0.3) is 5.69 Å². The van der Waals surface area contributed by atoms with Crippen LogP contribution in [0.3, 0.4) is 0 Å². The maximum Gasteiger partial charge on any atom is 0.254 e. The lowest BCUT2D eigenvalue weighted by Crippen LogP contribution is -2.26. The molecule has 5 nitrogen and oxygen atoms in total. The second-order valence-electron chi connectivity index (χ2n) is 6.69. The number of carbonyl (C=O) groups is 1. The summed E-state index contributed by atoms with van der Waals surface area (Å²) < 4.78 is 1.67. The molecule has 0 fully saturated rings. The number of aliphatic hydroxyl groups excluding tert-OH is 1. The molecule has 6 heteroatoms. The van der Waals surface area contributed by atoms with Gasteiger partial charge < -0.3 is 10.4 Å². The van der Waals surface area contributed by atoms with Gasteiger partial charge in [0, 0.05) is 13.2 Å². The Labute approximate surface area is 147 Å². The van der Waals surface area contributed by atoms with Crippen molar-refractivity contribution in [3.05, 3.63) is 46.7 Å². The molecule has 0 spiro atoms. The molecule has 0 radical (unpaired) electrons. The van der Waals surface area contributed by atoms with E-state index in [2.05, 4.69) is 10.4 Å². The molecule has 0 saturated heterocycles. The zero-order valence-electron chi connectivity index (χ0n) is 14.3. The number of nitrogens with one attached hydrogen (secondary N) is 1. The third kappa shape index (κ3) is 4.36. The van der Waals surface area contributed by atoms with Crippen molar-refractivity contribution in [1.29, 1.82) is 0 Å². The average molecular weight is 350 g/mol. The first-order chi connectivity index (χ1) is 11.4. The fourth-order valence-corrected chi connectivity index (χ4v) is 2.66. The Kier molecular flexibility index (Phi) is 6.02. The number of nitrogens with zero attached hydrogens (tertiary/aromatic N) is 2. The third-order valence-electron chi connectivity index (χ3n) is 4.08. The number of halogens is 1. The van der Waals surface area contributed by atoms with Gasteiger partial charge in [-0.2, -0.15) is 5.10 Å². The highest BCUT2D eigenvalue weighted by atomic mass is 35.5. The lowest BCUT2D eigenvalue weighted by atomic mass is 9.89. The van der Waals surface area contributed by atoms with Gasteiger partial charge in [0.1, 0.15) is 0 Å². The maximum absolute atomic E-state index is 12.3. The summed E-state index contributed by atoms with van der Waals surface area (Å²) >= 11 is 6.20. The summed E-state index contributed by atoms with van der Waals surface area (Å²) in [6.07, 6.45) is 3.23. The Morgan fingerprint density at radius 3 is 2.75 bits per heavy atom. The van der Waals surface area contributed by atoms with Gasteiger partial charge in [-0.3, -0.25) is 4.79 Å². The van der Waals surface area contributed by atoms with Gasteiger partial charge in [0.2, 0.25) is 0 Å². The van der Waals surface area contributed by atoms with Gasteiger partial charge in [0.25, 0.3) is 5.91 Å². The molecule has 1 aromatic heterocycles. The lowest BCUT2D eigenvalue weighted by molar-refractivity contribution is 0.0948. The van der Waals surface area contributed by atoms with E-state index in [9.17, 15) is 9.90 Å². The molecule has 0 bridgehead atoms. The summed E-state index contributed by atoms with van der Waals surface area (Å²) in [7, 11) is 0. The van der Waals surface area contributed by atoms with Crippen LogP contribution >= 0.6 is 11.6 Å². The Balaban J connectivity index is 2.01. The topological polar surface area (TPSA) is 67.2 Å². The van der Waals surface area contributed by atoms with Crippen LogP contribution in [-0.4, -0.2) is 33.9 Å². The molecule has 0 aliphatic rings. The van der Waals surface area contributed by atoms with E-state index in [1.165, 1.54) is 0 Å². The molecule has 1 heterocycles. The van der Waals surface area contributed by atoms with Gasteiger partial charge in [-0.1, -0.05) is 37.6 Å².